The molecule has 0 amide bonds. The average Bonchev–Trinajstić information content (AvgIpc) is 2.11. The van der Waals surface area contributed by atoms with E-state index in [0.717, 1.165) is 0 Å². The Labute approximate surface area is 104 Å². The summed E-state index contributed by atoms with van der Waals surface area (Å²) in [7, 11) is -3.42. The number of esters is 1. The molecule has 0 bridgehead atoms. The zero-order valence-electron chi connectivity index (χ0n) is 11.4. The molecule has 1 atom stereocenters. The molecule has 102 valence electrons. The maximum atomic E-state index is 11.8. The van der Waals surface area contributed by atoms with Crippen LogP contribution in [0.15, 0.2) is 0 Å². The molecule has 6 heteroatoms. The Morgan fingerprint density at radius 2 is 1.76 bits per heavy atom. The highest BCUT2D eigenvalue weighted by Crippen LogP contribution is 2.13. The summed E-state index contributed by atoms with van der Waals surface area (Å²) in [5.74, 6) is -0.755. The minimum atomic E-state index is -3.42. The minimum absolute atomic E-state index is 0.0565. The van der Waals surface area contributed by atoms with Crippen molar-refractivity contribution in [2.24, 2.45) is 5.92 Å². The topological polar surface area (TPSA) is 72.5 Å². The van der Waals surface area contributed by atoms with Crippen LogP contribution in [0.1, 0.15) is 41.5 Å². The second-order valence-corrected chi connectivity index (χ2v) is 7.32. The van der Waals surface area contributed by atoms with Gasteiger partial charge in [-0.1, -0.05) is 13.8 Å². The molecule has 1 N–H and O–H groups in total. The predicted octanol–water partition coefficient (Wildman–Crippen LogP) is 1.29. The number of nitrogens with one attached hydrogen (secondary N) is 1. The smallest absolute Gasteiger partial charge is 0.324 e. The molecular formula is C11H23NO4S. The molecule has 0 aliphatic heterocycles. The van der Waals surface area contributed by atoms with Crippen molar-refractivity contribution in [1.29, 1.82) is 0 Å². The first-order valence-corrected chi connectivity index (χ1v) is 7.36. The Hall–Kier alpha value is -0.620. The van der Waals surface area contributed by atoms with E-state index in [1.807, 2.05) is 0 Å². The summed E-state index contributed by atoms with van der Waals surface area (Å²) in [5.41, 5.74) is -0.623. The summed E-state index contributed by atoms with van der Waals surface area (Å²) < 4.78 is 30.5. The van der Waals surface area contributed by atoms with E-state index in [1.165, 1.54) is 6.92 Å². The SMILES string of the molecule is CCS(=O)(=O)N[C@H](C(=O)OC(C)(C)C)C(C)C. The van der Waals surface area contributed by atoms with Crippen molar-refractivity contribution in [1.82, 2.24) is 4.72 Å². The predicted molar refractivity (Wildman–Crippen MR) is 67.1 cm³/mol. The molecule has 0 heterocycles. The molecule has 0 aromatic heterocycles. The van der Waals surface area contributed by atoms with Gasteiger partial charge in [-0.3, -0.25) is 4.79 Å². The summed E-state index contributed by atoms with van der Waals surface area (Å²) in [6, 6.07) is -0.834. The number of ether oxygens (including phenoxy) is 1. The summed E-state index contributed by atoms with van der Waals surface area (Å²) in [5, 5.41) is 0. The Bertz CT molecular complexity index is 354. The number of rotatable bonds is 5. The summed E-state index contributed by atoms with van der Waals surface area (Å²) in [4.78, 5) is 11.8. The maximum Gasteiger partial charge on any atom is 0.324 e. The standard InChI is InChI=1S/C11H23NO4S/c1-7-17(14,15)12-9(8(2)3)10(13)16-11(4,5)6/h8-9,12H,7H2,1-6H3/t9-/m0/s1. The zero-order valence-corrected chi connectivity index (χ0v) is 12.2. The molecule has 5 nitrogen and oxygen atoms in total. The van der Waals surface area contributed by atoms with E-state index in [2.05, 4.69) is 4.72 Å². The van der Waals surface area contributed by atoms with Crippen LogP contribution in [0, 0.1) is 5.92 Å². The monoisotopic (exact) mass is 265 g/mol. The van der Waals surface area contributed by atoms with Crippen LogP contribution in [-0.4, -0.2) is 31.8 Å². The van der Waals surface area contributed by atoms with Crippen molar-refractivity contribution in [2.45, 2.75) is 53.2 Å². The van der Waals surface area contributed by atoms with Crippen LogP contribution >= 0.6 is 0 Å². The Morgan fingerprint density at radius 1 is 1.29 bits per heavy atom. The quantitative estimate of drug-likeness (QED) is 0.760. The molecule has 0 saturated heterocycles. The molecule has 17 heavy (non-hydrogen) atoms. The van der Waals surface area contributed by atoms with Crippen molar-refractivity contribution in [3.8, 4) is 0 Å². The van der Waals surface area contributed by atoms with Crippen LogP contribution in [0.3, 0.4) is 0 Å². The molecule has 0 aromatic carbocycles. The lowest BCUT2D eigenvalue weighted by Gasteiger charge is -2.26. The van der Waals surface area contributed by atoms with Crippen LogP contribution < -0.4 is 4.72 Å². The van der Waals surface area contributed by atoms with Crippen LogP contribution in [0.25, 0.3) is 0 Å². The van der Waals surface area contributed by atoms with Gasteiger partial charge in [0.05, 0.1) is 5.75 Å². The van der Waals surface area contributed by atoms with E-state index < -0.39 is 27.6 Å². The van der Waals surface area contributed by atoms with Gasteiger partial charge in [0.25, 0.3) is 0 Å². The first-order chi connectivity index (χ1) is 7.48. The Kier molecular flexibility index (Phi) is 5.61. The highest BCUT2D eigenvalue weighted by Gasteiger charge is 2.30. The minimum Gasteiger partial charge on any atom is -0.459 e. The molecule has 0 fully saturated rings. The van der Waals surface area contributed by atoms with E-state index in [-0.39, 0.29) is 11.7 Å². The lowest BCUT2D eigenvalue weighted by Crippen LogP contribution is -2.47. The van der Waals surface area contributed by atoms with E-state index in [9.17, 15) is 13.2 Å². The fraction of sp³-hybridized carbons (Fsp3) is 0.909. The van der Waals surface area contributed by atoms with Crippen LogP contribution in [0.4, 0.5) is 0 Å². The van der Waals surface area contributed by atoms with E-state index in [0.29, 0.717) is 0 Å². The first kappa shape index (κ1) is 16.4. The van der Waals surface area contributed by atoms with Gasteiger partial charge in [-0.25, -0.2) is 13.1 Å². The first-order valence-electron chi connectivity index (χ1n) is 5.71. The third kappa shape index (κ3) is 6.63. The van der Waals surface area contributed by atoms with Gasteiger partial charge in [-0.15, -0.1) is 0 Å². The van der Waals surface area contributed by atoms with Crippen molar-refractivity contribution < 1.29 is 17.9 Å². The van der Waals surface area contributed by atoms with Crippen LogP contribution in [0.2, 0.25) is 0 Å². The number of carbonyl (C=O) groups excluding carboxylic acids is 1. The van der Waals surface area contributed by atoms with E-state index in [1.54, 1.807) is 34.6 Å². The van der Waals surface area contributed by atoms with Crippen LogP contribution in [0.5, 0.6) is 0 Å². The molecule has 0 spiro atoms. The number of sulfonamides is 1. The Morgan fingerprint density at radius 3 is 2.06 bits per heavy atom. The highest BCUT2D eigenvalue weighted by atomic mass is 32.2. The van der Waals surface area contributed by atoms with Gasteiger partial charge in [-0.2, -0.15) is 0 Å². The third-order valence-corrected chi connectivity index (χ3v) is 3.39. The van der Waals surface area contributed by atoms with Gasteiger partial charge >= 0.3 is 5.97 Å². The zero-order chi connectivity index (χ0) is 13.9. The van der Waals surface area contributed by atoms with Crippen molar-refractivity contribution >= 4 is 16.0 Å². The number of hydrogen-bond donors (Lipinski definition) is 1. The number of hydrogen-bond acceptors (Lipinski definition) is 4. The maximum absolute atomic E-state index is 11.8. The largest absolute Gasteiger partial charge is 0.459 e. The van der Waals surface area contributed by atoms with Crippen LogP contribution in [-0.2, 0) is 19.6 Å². The van der Waals surface area contributed by atoms with Gasteiger partial charge in [-0.05, 0) is 33.6 Å². The van der Waals surface area contributed by atoms with E-state index in [4.69, 9.17) is 4.74 Å². The molecule has 0 unspecified atom stereocenters. The van der Waals surface area contributed by atoms with Crippen molar-refractivity contribution in [3.63, 3.8) is 0 Å². The van der Waals surface area contributed by atoms with Gasteiger partial charge < -0.3 is 4.74 Å². The van der Waals surface area contributed by atoms with Crippen molar-refractivity contribution in [2.75, 3.05) is 5.75 Å². The molecule has 0 radical (unpaired) electrons. The molecule has 0 rings (SSSR count). The lowest BCUT2D eigenvalue weighted by atomic mass is 10.1. The second kappa shape index (κ2) is 5.82. The Balaban J connectivity index is 4.83. The highest BCUT2D eigenvalue weighted by molar-refractivity contribution is 7.89. The third-order valence-electron chi connectivity index (χ3n) is 2.01. The van der Waals surface area contributed by atoms with Gasteiger partial charge in [0.15, 0.2) is 0 Å². The number of carbonyl (C=O) groups is 1. The fourth-order valence-corrected chi connectivity index (χ4v) is 2.02. The van der Waals surface area contributed by atoms with Gasteiger partial charge in [0, 0.05) is 0 Å². The van der Waals surface area contributed by atoms with Crippen molar-refractivity contribution in [3.05, 3.63) is 0 Å². The lowest BCUT2D eigenvalue weighted by molar-refractivity contribution is -0.158. The molecular weight excluding hydrogens is 242 g/mol. The molecule has 0 aliphatic carbocycles. The van der Waals surface area contributed by atoms with Gasteiger partial charge in [0.1, 0.15) is 11.6 Å². The normalized spacial score (nSPS) is 14.8. The summed E-state index contributed by atoms with van der Waals surface area (Å²) in [6.07, 6.45) is 0. The average molecular weight is 265 g/mol. The fourth-order valence-electron chi connectivity index (χ4n) is 1.10. The summed E-state index contributed by atoms with van der Waals surface area (Å²) in [6.45, 7) is 10.3. The summed E-state index contributed by atoms with van der Waals surface area (Å²) >= 11 is 0. The van der Waals surface area contributed by atoms with E-state index >= 15 is 0 Å². The molecule has 0 aliphatic rings. The molecule has 0 saturated carbocycles. The molecule has 0 aromatic rings. The second-order valence-electron chi connectivity index (χ2n) is 5.28. The van der Waals surface area contributed by atoms with Gasteiger partial charge in [0.2, 0.25) is 10.0 Å².